The van der Waals surface area contributed by atoms with Crippen molar-refractivity contribution in [2.45, 2.75) is 37.2 Å². The Bertz CT molecular complexity index is 602. The van der Waals surface area contributed by atoms with Crippen molar-refractivity contribution in [3.8, 4) is 0 Å². The van der Waals surface area contributed by atoms with Gasteiger partial charge in [0.25, 0.3) is 0 Å². The smallest absolute Gasteiger partial charge is 0.124 e. The van der Waals surface area contributed by atoms with E-state index < -0.39 is 6.10 Å². The Morgan fingerprint density at radius 2 is 1.86 bits per heavy atom. The Kier molecular flexibility index (Phi) is 4.14. The molecule has 1 aliphatic carbocycles. The van der Waals surface area contributed by atoms with Gasteiger partial charge in [-0.15, -0.1) is 0 Å². The Morgan fingerprint density at radius 1 is 1.14 bits per heavy atom. The zero-order chi connectivity index (χ0) is 14.9. The second-order valence-corrected chi connectivity index (χ2v) is 6.79. The second-order valence-electron chi connectivity index (χ2n) is 5.87. The highest BCUT2D eigenvalue weighted by atomic mass is 79.9. The highest BCUT2D eigenvalue weighted by molar-refractivity contribution is 9.10. The molecule has 1 nitrogen and oxygen atoms in total. The first kappa shape index (κ1) is 14.7. The van der Waals surface area contributed by atoms with Gasteiger partial charge >= 0.3 is 0 Å². The van der Waals surface area contributed by atoms with Gasteiger partial charge in [-0.25, -0.2) is 4.39 Å². The maximum absolute atomic E-state index is 13.5. The lowest BCUT2D eigenvalue weighted by Crippen LogP contribution is -2.46. The number of hydrogen-bond donors (Lipinski definition) is 1. The van der Waals surface area contributed by atoms with Crippen molar-refractivity contribution in [2.24, 2.45) is 0 Å². The van der Waals surface area contributed by atoms with E-state index in [1.807, 2.05) is 24.3 Å². The molecule has 2 aromatic rings. The van der Waals surface area contributed by atoms with E-state index in [0.29, 0.717) is 10.9 Å². The minimum atomic E-state index is -0.484. The largest absolute Gasteiger partial charge is 0.392 e. The number of aliphatic hydroxyl groups excluding tert-OH is 1. The van der Waals surface area contributed by atoms with Gasteiger partial charge in [0, 0.05) is 9.89 Å². The van der Waals surface area contributed by atoms with Crippen molar-refractivity contribution in [1.82, 2.24) is 0 Å². The van der Waals surface area contributed by atoms with Gasteiger partial charge in [0.15, 0.2) is 0 Å². The van der Waals surface area contributed by atoms with Crippen LogP contribution in [0.2, 0.25) is 0 Å². The lowest BCUT2D eigenvalue weighted by Gasteiger charge is -2.46. The molecule has 1 fully saturated rings. The Labute approximate surface area is 132 Å². The third-order valence-electron chi connectivity index (χ3n) is 4.58. The van der Waals surface area contributed by atoms with Crippen LogP contribution in [0.1, 0.15) is 30.4 Å². The third-order valence-corrected chi connectivity index (χ3v) is 5.04. The fourth-order valence-corrected chi connectivity index (χ4v) is 3.80. The third kappa shape index (κ3) is 2.90. The monoisotopic (exact) mass is 348 g/mol. The number of rotatable bonds is 4. The maximum Gasteiger partial charge on any atom is 0.124 e. The number of hydrogen-bond acceptors (Lipinski definition) is 1. The molecule has 0 saturated heterocycles. The van der Waals surface area contributed by atoms with Gasteiger partial charge in [-0.3, -0.25) is 0 Å². The average Bonchev–Trinajstić information content (AvgIpc) is 2.37. The summed E-state index contributed by atoms with van der Waals surface area (Å²) in [7, 11) is 0. The van der Waals surface area contributed by atoms with Crippen molar-refractivity contribution < 1.29 is 9.50 Å². The van der Waals surface area contributed by atoms with Gasteiger partial charge in [0.05, 0.1) is 6.10 Å². The van der Waals surface area contributed by atoms with E-state index in [2.05, 4.69) is 28.1 Å². The molecule has 0 aromatic heterocycles. The van der Waals surface area contributed by atoms with Crippen LogP contribution in [0.25, 0.3) is 0 Å². The average molecular weight is 349 g/mol. The van der Waals surface area contributed by atoms with E-state index in [1.54, 1.807) is 0 Å². The molecule has 3 heteroatoms. The molecule has 2 aromatic carbocycles. The van der Waals surface area contributed by atoms with E-state index in [4.69, 9.17) is 0 Å². The number of benzene rings is 2. The lowest BCUT2D eigenvalue weighted by atomic mass is 9.60. The van der Waals surface area contributed by atoms with Crippen molar-refractivity contribution >= 4 is 15.9 Å². The van der Waals surface area contributed by atoms with Crippen LogP contribution in [0, 0.1) is 5.82 Å². The normalized spacial score (nSPS) is 18.0. The first-order chi connectivity index (χ1) is 10.1. The van der Waals surface area contributed by atoms with Crippen LogP contribution in [0.5, 0.6) is 0 Å². The molecule has 0 amide bonds. The van der Waals surface area contributed by atoms with E-state index in [1.165, 1.54) is 17.7 Å². The van der Waals surface area contributed by atoms with Gasteiger partial charge in [-0.2, -0.15) is 0 Å². The van der Waals surface area contributed by atoms with E-state index in [-0.39, 0.29) is 11.2 Å². The van der Waals surface area contributed by atoms with E-state index in [0.717, 1.165) is 24.8 Å². The molecule has 0 heterocycles. The quantitative estimate of drug-likeness (QED) is 0.854. The molecular weight excluding hydrogens is 331 g/mol. The van der Waals surface area contributed by atoms with Crippen LogP contribution in [0.3, 0.4) is 0 Å². The first-order valence-corrected chi connectivity index (χ1v) is 8.08. The van der Waals surface area contributed by atoms with Crippen LogP contribution >= 0.6 is 15.9 Å². The van der Waals surface area contributed by atoms with Crippen LogP contribution in [0.15, 0.2) is 53.0 Å². The Hall–Kier alpha value is -1.19. The summed E-state index contributed by atoms with van der Waals surface area (Å²) in [5.74, 6) is -0.269. The highest BCUT2D eigenvalue weighted by Gasteiger charge is 2.44. The molecule has 0 aliphatic heterocycles. The number of halogens is 2. The molecule has 1 atom stereocenters. The molecule has 1 N–H and O–H groups in total. The SMILES string of the molecule is OC(Cc1cc(F)cc(Br)c1)C1(c2ccccc2)CCC1. The predicted molar refractivity (Wildman–Crippen MR) is 85.8 cm³/mol. The number of aliphatic hydroxyl groups is 1. The van der Waals surface area contributed by atoms with Gasteiger partial charge in [-0.1, -0.05) is 52.7 Å². The fraction of sp³-hybridized carbons (Fsp3) is 0.333. The summed E-state index contributed by atoms with van der Waals surface area (Å²) in [6.45, 7) is 0. The van der Waals surface area contributed by atoms with Crippen molar-refractivity contribution in [1.29, 1.82) is 0 Å². The summed E-state index contributed by atoms with van der Waals surface area (Å²) in [6.07, 6.45) is 3.12. The molecule has 1 saturated carbocycles. The summed E-state index contributed by atoms with van der Waals surface area (Å²) in [4.78, 5) is 0. The van der Waals surface area contributed by atoms with Gasteiger partial charge < -0.3 is 5.11 Å². The zero-order valence-corrected chi connectivity index (χ0v) is 13.3. The molecule has 0 radical (unpaired) electrons. The molecule has 0 spiro atoms. The molecule has 1 unspecified atom stereocenters. The van der Waals surface area contributed by atoms with Crippen LogP contribution < -0.4 is 0 Å². The molecular formula is C18H18BrFO. The minimum Gasteiger partial charge on any atom is -0.392 e. The van der Waals surface area contributed by atoms with Crippen LogP contribution in [-0.2, 0) is 11.8 Å². The standard InChI is InChI=1S/C18H18BrFO/c19-15-9-13(10-16(20)12-15)11-17(21)18(7-4-8-18)14-5-2-1-3-6-14/h1-3,5-6,9-10,12,17,21H,4,7-8,11H2. The first-order valence-electron chi connectivity index (χ1n) is 7.29. The van der Waals surface area contributed by atoms with Crippen molar-refractivity contribution in [3.05, 3.63) is 69.9 Å². The zero-order valence-electron chi connectivity index (χ0n) is 11.7. The topological polar surface area (TPSA) is 20.2 Å². The maximum atomic E-state index is 13.5. The molecule has 110 valence electrons. The van der Waals surface area contributed by atoms with E-state index in [9.17, 15) is 9.50 Å². The highest BCUT2D eigenvalue weighted by Crippen LogP contribution is 2.47. The van der Waals surface area contributed by atoms with Crippen LogP contribution in [0.4, 0.5) is 4.39 Å². The van der Waals surface area contributed by atoms with Crippen molar-refractivity contribution in [3.63, 3.8) is 0 Å². The predicted octanol–water partition coefficient (Wildman–Crippen LogP) is 4.61. The van der Waals surface area contributed by atoms with E-state index >= 15 is 0 Å². The summed E-state index contributed by atoms with van der Waals surface area (Å²) in [6, 6.07) is 15.0. The summed E-state index contributed by atoms with van der Waals surface area (Å²) >= 11 is 3.31. The minimum absolute atomic E-state index is 0.167. The lowest BCUT2D eigenvalue weighted by molar-refractivity contribution is 0.0285. The molecule has 1 aliphatic rings. The van der Waals surface area contributed by atoms with Crippen LogP contribution in [-0.4, -0.2) is 11.2 Å². The van der Waals surface area contributed by atoms with Gasteiger partial charge in [0.1, 0.15) is 5.82 Å². The van der Waals surface area contributed by atoms with Crippen molar-refractivity contribution in [2.75, 3.05) is 0 Å². The summed E-state index contributed by atoms with van der Waals surface area (Å²) < 4.78 is 14.2. The Morgan fingerprint density at radius 3 is 2.43 bits per heavy atom. The molecule has 3 rings (SSSR count). The summed E-state index contributed by atoms with van der Waals surface area (Å²) in [5, 5.41) is 10.8. The molecule has 0 bridgehead atoms. The Balaban J connectivity index is 1.85. The van der Waals surface area contributed by atoms with Gasteiger partial charge in [-0.05, 0) is 48.6 Å². The van der Waals surface area contributed by atoms with Gasteiger partial charge in [0.2, 0.25) is 0 Å². The molecule has 21 heavy (non-hydrogen) atoms. The second kappa shape index (κ2) is 5.90. The fourth-order valence-electron chi connectivity index (χ4n) is 3.29. The summed E-state index contributed by atoms with van der Waals surface area (Å²) in [5.41, 5.74) is 1.86.